The molecular formula is C28H30S. The van der Waals surface area contributed by atoms with E-state index in [2.05, 4.69) is 100 Å². The lowest BCUT2D eigenvalue weighted by molar-refractivity contribution is 0.655. The molecule has 0 aromatic heterocycles. The Labute approximate surface area is 177 Å². The first-order valence-electron chi connectivity index (χ1n) is 10.0. The number of hydrogen-bond donors (Lipinski definition) is 0. The second-order valence-electron chi connectivity index (χ2n) is 9.12. The summed E-state index contributed by atoms with van der Waals surface area (Å²) in [6, 6.07) is 20.2. The number of rotatable bonds is 4. The molecule has 0 spiro atoms. The van der Waals surface area contributed by atoms with Crippen LogP contribution in [0.1, 0.15) is 25.0 Å². The number of hydrogen-bond acceptors (Lipinski definition) is 0. The molecule has 0 aliphatic heterocycles. The lowest BCUT2D eigenvalue weighted by atomic mass is 9.80. The zero-order valence-electron chi connectivity index (χ0n) is 18.2. The third-order valence-electron chi connectivity index (χ3n) is 6.18. The fraction of sp³-hybridized carbons (Fsp3) is 0.214. The molecule has 3 aromatic rings. The third-order valence-corrected chi connectivity index (χ3v) is 7.84. The largest absolute Gasteiger partial charge is 0.223 e. The van der Waals surface area contributed by atoms with Crippen LogP contribution in [0.25, 0.3) is 27.5 Å². The summed E-state index contributed by atoms with van der Waals surface area (Å²) in [5.41, 5.74) is 7.75. The molecule has 0 saturated heterocycles. The number of benzene rings is 3. The lowest BCUT2D eigenvalue weighted by Gasteiger charge is -2.30. The molecule has 0 unspecified atom stereocenters. The molecule has 29 heavy (non-hydrogen) atoms. The van der Waals surface area contributed by atoms with Gasteiger partial charge in [0.1, 0.15) is 0 Å². The molecule has 4 rings (SSSR count). The fourth-order valence-electron chi connectivity index (χ4n) is 4.71. The second kappa shape index (κ2) is 6.78. The zero-order valence-corrected chi connectivity index (χ0v) is 19.0. The van der Waals surface area contributed by atoms with Gasteiger partial charge >= 0.3 is 0 Å². The Balaban J connectivity index is 2.15. The van der Waals surface area contributed by atoms with Gasteiger partial charge in [-0.2, -0.15) is 0 Å². The SMILES string of the molecule is C=CC1=C(C=C)C(C)(C)c2ccc3cc(S(C)(C)C)c(-c4ccccc4)cc3c21. The van der Waals surface area contributed by atoms with Crippen LogP contribution in [0.4, 0.5) is 0 Å². The van der Waals surface area contributed by atoms with Crippen molar-refractivity contribution < 1.29 is 0 Å². The maximum Gasteiger partial charge on any atom is 0.0158 e. The van der Waals surface area contributed by atoms with Crippen LogP contribution < -0.4 is 0 Å². The molecule has 0 N–H and O–H groups in total. The van der Waals surface area contributed by atoms with Gasteiger partial charge < -0.3 is 0 Å². The van der Waals surface area contributed by atoms with E-state index >= 15 is 0 Å². The van der Waals surface area contributed by atoms with Gasteiger partial charge in [-0.1, -0.05) is 81.6 Å². The minimum atomic E-state index is -0.893. The third kappa shape index (κ3) is 3.00. The molecule has 0 atom stereocenters. The summed E-state index contributed by atoms with van der Waals surface area (Å²) in [5.74, 6) is 0. The van der Waals surface area contributed by atoms with E-state index in [0.717, 1.165) is 0 Å². The van der Waals surface area contributed by atoms with Crippen LogP contribution in [0.2, 0.25) is 0 Å². The summed E-state index contributed by atoms with van der Waals surface area (Å²) < 4.78 is 0. The van der Waals surface area contributed by atoms with Crippen molar-refractivity contribution >= 4 is 26.4 Å². The predicted molar refractivity (Wildman–Crippen MR) is 133 cm³/mol. The van der Waals surface area contributed by atoms with Gasteiger partial charge in [0, 0.05) is 5.41 Å². The van der Waals surface area contributed by atoms with Crippen LogP contribution in [0.3, 0.4) is 0 Å². The van der Waals surface area contributed by atoms with Gasteiger partial charge in [0.05, 0.1) is 0 Å². The van der Waals surface area contributed by atoms with E-state index in [1.54, 1.807) is 0 Å². The first-order chi connectivity index (χ1) is 13.7. The molecule has 0 saturated carbocycles. The first-order valence-corrected chi connectivity index (χ1v) is 12.9. The van der Waals surface area contributed by atoms with Gasteiger partial charge in [-0.3, -0.25) is 0 Å². The van der Waals surface area contributed by atoms with Crippen molar-refractivity contribution in [3.05, 3.63) is 96.6 Å². The molecule has 0 fully saturated rings. The molecule has 0 radical (unpaired) electrons. The highest BCUT2D eigenvalue weighted by atomic mass is 32.3. The first kappa shape index (κ1) is 19.8. The zero-order chi connectivity index (χ0) is 21.0. The summed E-state index contributed by atoms with van der Waals surface area (Å²) in [4.78, 5) is 1.46. The molecule has 0 amide bonds. The van der Waals surface area contributed by atoms with Crippen molar-refractivity contribution in [1.29, 1.82) is 0 Å². The maximum absolute atomic E-state index is 4.15. The Morgan fingerprint density at radius 1 is 0.862 bits per heavy atom. The Morgan fingerprint density at radius 3 is 2.14 bits per heavy atom. The molecule has 148 valence electrons. The van der Waals surface area contributed by atoms with Gasteiger partial charge in [-0.25, -0.2) is 10.0 Å². The van der Waals surface area contributed by atoms with Gasteiger partial charge in [0.15, 0.2) is 0 Å². The molecule has 0 heterocycles. The van der Waals surface area contributed by atoms with Crippen molar-refractivity contribution in [3.8, 4) is 11.1 Å². The number of allylic oxidation sites excluding steroid dienone is 4. The highest BCUT2D eigenvalue weighted by molar-refractivity contribution is 8.32. The number of fused-ring (bicyclic) bond motifs is 3. The van der Waals surface area contributed by atoms with E-state index in [9.17, 15) is 0 Å². The van der Waals surface area contributed by atoms with E-state index in [-0.39, 0.29) is 5.41 Å². The molecular weight excluding hydrogens is 368 g/mol. The molecule has 1 heteroatoms. The standard InChI is InChI=1S/C28H30S/c1-8-21-24(9-2)28(3,4)25-16-15-20-17-26(29(5,6)7)22(18-23(20)27(21)25)19-13-11-10-12-14-19/h8-18H,1-2H2,3-7H3. The molecule has 1 aliphatic rings. The van der Waals surface area contributed by atoms with Gasteiger partial charge in [-0.15, -0.1) is 0 Å². The molecule has 1 aliphatic carbocycles. The van der Waals surface area contributed by atoms with E-state index in [1.807, 2.05) is 12.2 Å². The van der Waals surface area contributed by atoms with E-state index in [0.29, 0.717) is 0 Å². The van der Waals surface area contributed by atoms with Crippen LogP contribution in [0, 0.1) is 0 Å². The summed E-state index contributed by atoms with van der Waals surface area (Å²) in [6.45, 7) is 12.8. The molecule has 3 aromatic carbocycles. The van der Waals surface area contributed by atoms with E-state index in [1.165, 1.54) is 49.1 Å². The monoisotopic (exact) mass is 398 g/mol. The smallest absolute Gasteiger partial charge is 0.0158 e. The summed E-state index contributed by atoms with van der Waals surface area (Å²) in [6.07, 6.45) is 11.1. The predicted octanol–water partition coefficient (Wildman–Crippen LogP) is 7.98. The Bertz CT molecular complexity index is 1170. The van der Waals surface area contributed by atoms with E-state index < -0.39 is 10.0 Å². The highest BCUT2D eigenvalue weighted by Crippen LogP contribution is 2.54. The van der Waals surface area contributed by atoms with Gasteiger partial charge in [-0.05, 0) is 80.0 Å². The van der Waals surface area contributed by atoms with Crippen LogP contribution in [-0.2, 0) is 5.41 Å². The lowest BCUT2D eigenvalue weighted by Crippen LogP contribution is -2.15. The van der Waals surface area contributed by atoms with Crippen molar-refractivity contribution in [2.45, 2.75) is 24.2 Å². The minimum absolute atomic E-state index is 0.0599. The van der Waals surface area contributed by atoms with Crippen molar-refractivity contribution in [3.63, 3.8) is 0 Å². The summed E-state index contributed by atoms with van der Waals surface area (Å²) >= 11 is 0. The van der Waals surface area contributed by atoms with Gasteiger partial charge in [0.25, 0.3) is 0 Å². The van der Waals surface area contributed by atoms with Crippen LogP contribution in [0.15, 0.2) is 90.4 Å². The minimum Gasteiger partial charge on any atom is -0.223 e. The second-order valence-corrected chi connectivity index (χ2v) is 13.2. The van der Waals surface area contributed by atoms with Crippen molar-refractivity contribution in [2.24, 2.45) is 0 Å². The maximum atomic E-state index is 4.15. The van der Waals surface area contributed by atoms with Crippen LogP contribution >= 0.6 is 10.0 Å². The average molecular weight is 399 g/mol. The van der Waals surface area contributed by atoms with Crippen LogP contribution in [-0.4, -0.2) is 18.8 Å². The molecule has 0 nitrogen and oxygen atoms in total. The fourth-order valence-corrected chi connectivity index (χ4v) is 6.02. The normalized spacial score (nSPS) is 16.0. The quantitative estimate of drug-likeness (QED) is 0.418. The van der Waals surface area contributed by atoms with Gasteiger partial charge in [0.2, 0.25) is 0 Å². The Kier molecular flexibility index (Phi) is 4.63. The van der Waals surface area contributed by atoms with E-state index in [4.69, 9.17) is 0 Å². The molecule has 0 bridgehead atoms. The average Bonchev–Trinajstić information content (AvgIpc) is 2.93. The van der Waals surface area contributed by atoms with Crippen molar-refractivity contribution in [2.75, 3.05) is 18.8 Å². The van der Waals surface area contributed by atoms with Crippen LogP contribution in [0.5, 0.6) is 0 Å². The summed E-state index contributed by atoms with van der Waals surface area (Å²) in [7, 11) is -0.893. The Hall–Kier alpha value is -2.51. The highest BCUT2D eigenvalue weighted by Gasteiger charge is 2.36. The van der Waals surface area contributed by atoms with Crippen molar-refractivity contribution in [1.82, 2.24) is 0 Å². The summed E-state index contributed by atoms with van der Waals surface area (Å²) in [5, 5.41) is 2.62. The Morgan fingerprint density at radius 2 is 1.55 bits per heavy atom. The topological polar surface area (TPSA) is 0 Å².